The van der Waals surface area contributed by atoms with Gasteiger partial charge in [0.1, 0.15) is 6.54 Å². The largest absolute Gasteiger partial charge is 0.406 e. The van der Waals surface area contributed by atoms with Gasteiger partial charge in [-0.2, -0.15) is 13.2 Å². The van der Waals surface area contributed by atoms with Gasteiger partial charge in [0, 0.05) is 27.5 Å². The molecule has 0 unspecified atom stereocenters. The van der Waals surface area contributed by atoms with E-state index in [0.29, 0.717) is 9.37 Å². The van der Waals surface area contributed by atoms with Crippen LogP contribution in [0.2, 0.25) is 5.02 Å². The highest BCUT2D eigenvalue weighted by Crippen LogP contribution is 2.22. The molecule has 1 amide bonds. The molecule has 0 radical (unpaired) electrons. The molecule has 0 aliphatic carbocycles. The van der Waals surface area contributed by atoms with Gasteiger partial charge in [0.05, 0.1) is 0 Å². The third-order valence-corrected chi connectivity index (χ3v) is 2.97. The van der Waals surface area contributed by atoms with Gasteiger partial charge in [-0.1, -0.05) is 27.5 Å². The van der Waals surface area contributed by atoms with Crippen LogP contribution in [-0.4, -0.2) is 36.0 Å². The second kappa shape index (κ2) is 6.81. The highest BCUT2D eigenvalue weighted by atomic mass is 79.9. The first-order chi connectivity index (χ1) is 8.73. The summed E-state index contributed by atoms with van der Waals surface area (Å²) in [6.45, 7) is -1.54. The first-order valence-electron chi connectivity index (χ1n) is 5.11. The van der Waals surface area contributed by atoms with E-state index >= 15 is 0 Å². The molecule has 0 fully saturated rings. The molecule has 1 aromatic rings. The molecule has 0 aromatic heterocycles. The third-order valence-electron chi connectivity index (χ3n) is 2.12. The van der Waals surface area contributed by atoms with E-state index in [4.69, 9.17) is 23.2 Å². The van der Waals surface area contributed by atoms with E-state index < -0.39 is 18.6 Å². The summed E-state index contributed by atoms with van der Waals surface area (Å²) in [5.41, 5.74) is 0.0775. The van der Waals surface area contributed by atoms with E-state index in [9.17, 15) is 18.0 Å². The van der Waals surface area contributed by atoms with Crippen molar-refractivity contribution in [3.05, 3.63) is 33.3 Å². The van der Waals surface area contributed by atoms with E-state index in [0.717, 1.165) is 0 Å². The van der Waals surface area contributed by atoms with Crippen LogP contribution in [0.5, 0.6) is 0 Å². The molecule has 1 aromatic carbocycles. The molecule has 2 nitrogen and oxygen atoms in total. The van der Waals surface area contributed by atoms with Gasteiger partial charge in [-0.25, -0.2) is 0 Å². The monoisotopic (exact) mass is 377 g/mol. The zero-order chi connectivity index (χ0) is 14.6. The molecule has 0 bridgehead atoms. The van der Waals surface area contributed by atoms with Gasteiger partial charge < -0.3 is 4.90 Å². The molecule has 0 N–H and O–H groups in total. The Morgan fingerprint density at radius 2 is 1.95 bits per heavy atom. The number of amides is 1. The Morgan fingerprint density at radius 3 is 2.42 bits per heavy atom. The van der Waals surface area contributed by atoms with Crippen LogP contribution in [-0.2, 0) is 0 Å². The number of nitrogens with zero attached hydrogens (tertiary/aromatic N) is 1. The number of carbonyl (C=O) groups is 1. The molecule has 0 aliphatic rings. The fraction of sp³-hybridized carbons (Fsp3) is 0.364. The normalized spacial score (nSPS) is 11.5. The summed E-state index contributed by atoms with van der Waals surface area (Å²) in [7, 11) is 0. The third kappa shape index (κ3) is 5.58. The Hall–Kier alpha value is -0.460. The van der Waals surface area contributed by atoms with E-state index in [-0.39, 0.29) is 23.0 Å². The summed E-state index contributed by atoms with van der Waals surface area (Å²) in [4.78, 5) is 12.6. The van der Waals surface area contributed by atoms with Gasteiger partial charge in [0.25, 0.3) is 5.91 Å². The van der Waals surface area contributed by atoms with Gasteiger partial charge in [-0.3, -0.25) is 4.79 Å². The maximum absolute atomic E-state index is 12.4. The lowest BCUT2D eigenvalue weighted by molar-refractivity contribution is -0.140. The molecule has 8 heteroatoms. The van der Waals surface area contributed by atoms with Gasteiger partial charge in [-0.05, 0) is 18.2 Å². The van der Waals surface area contributed by atoms with Crippen molar-refractivity contribution in [2.45, 2.75) is 6.18 Å². The maximum atomic E-state index is 12.4. The summed E-state index contributed by atoms with van der Waals surface area (Å²) in [5, 5.41) is 0.260. The lowest BCUT2D eigenvalue weighted by Gasteiger charge is -2.23. The van der Waals surface area contributed by atoms with Gasteiger partial charge in [0.15, 0.2) is 0 Å². The number of benzene rings is 1. The molecule has 0 aliphatic heterocycles. The average Bonchev–Trinajstić information content (AvgIpc) is 2.24. The first kappa shape index (κ1) is 16.6. The molecule has 19 heavy (non-hydrogen) atoms. The molecular formula is C11H9BrCl2F3NO. The van der Waals surface area contributed by atoms with E-state index in [1.54, 1.807) is 0 Å². The zero-order valence-corrected chi connectivity index (χ0v) is 12.6. The number of hydrogen-bond acceptors (Lipinski definition) is 1. The number of carbonyl (C=O) groups excluding carboxylic acids is 1. The zero-order valence-electron chi connectivity index (χ0n) is 9.48. The molecule has 0 atom stereocenters. The smallest absolute Gasteiger partial charge is 0.328 e. The predicted molar refractivity (Wildman–Crippen MR) is 71.8 cm³/mol. The minimum Gasteiger partial charge on any atom is -0.328 e. The van der Waals surface area contributed by atoms with Crippen molar-refractivity contribution in [2.75, 3.05) is 19.0 Å². The predicted octanol–water partition coefficient (Wildman–Crippen LogP) is 4.35. The van der Waals surface area contributed by atoms with Crippen LogP contribution in [0.15, 0.2) is 22.7 Å². The molecule has 0 saturated heterocycles. The maximum Gasteiger partial charge on any atom is 0.406 e. The summed E-state index contributed by atoms with van der Waals surface area (Å²) in [5.74, 6) is -0.843. The SMILES string of the molecule is O=C(c1cc(Cl)cc(Br)c1)N(CCCl)CC(F)(F)F. The molecule has 106 valence electrons. The number of rotatable bonds is 4. The molecule has 0 heterocycles. The Morgan fingerprint density at radius 1 is 1.32 bits per heavy atom. The Kier molecular flexibility index (Phi) is 5.95. The number of halogens is 6. The lowest BCUT2D eigenvalue weighted by atomic mass is 10.2. The standard InChI is InChI=1S/C11H9BrCl2F3NO/c12-8-3-7(4-9(14)5-8)10(19)18(2-1-13)6-11(15,16)17/h3-5H,1-2,6H2. The summed E-state index contributed by atoms with van der Waals surface area (Å²) in [6.07, 6.45) is -4.47. The van der Waals surface area contributed by atoms with Gasteiger partial charge in [-0.15, -0.1) is 11.6 Å². The Balaban J connectivity index is 2.98. The van der Waals surface area contributed by atoms with Crippen LogP contribution < -0.4 is 0 Å². The quantitative estimate of drug-likeness (QED) is 0.713. The van der Waals surface area contributed by atoms with Crippen molar-refractivity contribution >= 4 is 45.0 Å². The summed E-state index contributed by atoms with van der Waals surface area (Å²) < 4.78 is 37.7. The van der Waals surface area contributed by atoms with Gasteiger partial charge >= 0.3 is 6.18 Å². The highest BCUT2D eigenvalue weighted by Gasteiger charge is 2.33. The number of hydrogen-bond donors (Lipinski definition) is 0. The van der Waals surface area contributed by atoms with Crippen molar-refractivity contribution in [3.63, 3.8) is 0 Å². The van der Waals surface area contributed by atoms with Crippen LogP contribution in [0.1, 0.15) is 10.4 Å². The van der Waals surface area contributed by atoms with Crippen LogP contribution in [0.25, 0.3) is 0 Å². The Labute approximate surface area is 126 Å². The Bertz CT molecular complexity index is 447. The van der Waals surface area contributed by atoms with Crippen LogP contribution >= 0.6 is 39.1 Å². The molecular weight excluding hydrogens is 370 g/mol. The fourth-order valence-corrected chi connectivity index (χ4v) is 2.49. The minimum absolute atomic E-state index is 0.0775. The van der Waals surface area contributed by atoms with Crippen LogP contribution in [0.3, 0.4) is 0 Å². The first-order valence-corrected chi connectivity index (χ1v) is 6.81. The molecule has 0 spiro atoms. The lowest BCUT2D eigenvalue weighted by Crippen LogP contribution is -2.40. The molecule has 1 rings (SSSR count). The van der Waals surface area contributed by atoms with Crippen molar-refractivity contribution in [1.29, 1.82) is 0 Å². The molecule has 0 saturated carbocycles. The fourth-order valence-electron chi connectivity index (χ4n) is 1.43. The van der Waals surface area contributed by atoms with E-state index in [1.165, 1.54) is 18.2 Å². The highest BCUT2D eigenvalue weighted by molar-refractivity contribution is 9.10. The van der Waals surface area contributed by atoms with Crippen molar-refractivity contribution < 1.29 is 18.0 Å². The van der Waals surface area contributed by atoms with Gasteiger partial charge in [0.2, 0.25) is 0 Å². The summed E-state index contributed by atoms with van der Waals surface area (Å²) >= 11 is 14.3. The van der Waals surface area contributed by atoms with Crippen LogP contribution in [0.4, 0.5) is 13.2 Å². The van der Waals surface area contributed by atoms with E-state index in [2.05, 4.69) is 15.9 Å². The van der Waals surface area contributed by atoms with Crippen LogP contribution in [0, 0.1) is 0 Å². The topological polar surface area (TPSA) is 20.3 Å². The van der Waals surface area contributed by atoms with Crippen molar-refractivity contribution in [2.24, 2.45) is 0 Å². The average molecular weight is 379 g/mol. The summed E-state index contributed by atoms with van der Waals surface area (Å²) in [6, 6.07) is 4.26. The minimum atomic E-state index is -4.47. The van der Waals surface area contributed by atoms with Crippen molar-refractivity contribution in [3.8, 4) is 0 Å². The second-order valence-corrected chi connectivity index (χ2v) is 5.42. The van der Waals surface area contributed by atoms with E-state index in [1.807, 2.05) is 0 Å². The van der Waals surface area contributed by atoms with Crippen molar-refractivity contribution in [1.82, 2.24) is 4.90 Å². The number of alkyl halides is 4. The second-order valence-electron chi connectivity index (χ2n) is 3.69.